The van der Waals surface area contributed by atoms with Crippen molar-refractivity contribution in [3.63, 3.8) is 0 Å². The molecule has 0 spiro atoms. The summed E-state index contributed by atoms with van der Waals surface area (Å²) < 4.78 is 4.85. The zero-order chi connectivity index (χ0) is 9.45. The minimum atomic E-state index is -0.685. The fourth-order valence-electron chi connectivity index (χ4n) is 0.915. The molecular weight excluding hydrogens is 154 g/mol. The molecule has 0 radical (unpaired) electrons. The zero-order valence-electron chi connectivity index (χ0n) is 7.97. The first-order chi connectivity index (χ1) is 5.62. The summed E-state index contributed by atoms with van der Waals surface area (Å²) in [6, 6.07) is 0. The lowest BCUT2D eigenvalue weighted by Gasteiger charge is -2.21. The lowest BCUT2D eigenvalue weighted by molar-refractivity contribution is 0.0609. The Morgan fingerprint density at radius 2 is 2.33 bits per heavy atom. The maximum absolute atomic E-state index is 9.64. The third kappa shape index (κ3) is 6.34. The number of nitrogens with one attached hydrogen (secondary N) is 1. The van der Waals surface area contributed by atoms with Gasteiger partial charge in [0, 0.05) is 20.2 Å². The van der Waals surface area contributed by atoms with Crippen LogP contribution < -0.4 is 5.32 Å². The van der Waals surface area contributed by atoms with E-state index in [1.165, 1.54) is 0 Å². The summed E-state index contributed by atoms with van der Waals surface area (Å²) in [7, 11) is 1.66. The van der Waals surface area contributed by atoms with E-state index in [9.17, 15) is 5.11 Å². The molecule has 3 heteroatoms. The zero-order valence-corrected chi connectivity index (χ0v) is 7.97. The summed E-state index contributed by atoms with van der Waals surface area (Å²) in [4.78, 5) is 0. The van der Waals surface area contributed by atoms with Gasteiger partial charge < -0.3 is 15.2 Å². The predicted molar refractivity (Wildman–Crippen MR) is 50.2 cm³/mol. The molecule has 1 atom stereocenters. The van der Waals surface area contributed by atoms with Crippen LogP contribution in [0.3, 0.4) is 0 Å². The summed E-state index contributed by atoms with van der Waals surface area (Å²) >= 11 is 0. The second-order valence-electron chi connectivity index (χ2n) is 3.16. The molecule has 3 nitrogen and oxygen atoms in total. The maximum Gasteiger partial charge on any atom is 0.0777 e. The molecule has 1 unspecified atom stereocenters. The van der Waals surface area contributed by atoms with Crippen LogP contribution in [-0.2, 0) is 4.74 Å². The van der Waals surface area contributed by atoms with Gasteiger partial charge in [-0.1, -0.05) is 6.08 Å². The van der Waals surface area contributed by atoms with Crippen LogP contribution in [0.2, 0.25) is 0 Å². The summed E-state index contributed by atoms with van der Waals surface area (Å²) in [5.74, 6) is 0. The molecule has 0 bridgehead atoms. The Labute approximate surface area is 74.4 Å². The van der Waals surface area contributed by atoms with Gasteiger partial charge in [-0.15, -0.1) is 6.58 Å². The molecule has 0 aromatic rings. The van der Waals surface area contributed by atoms with Gasteiger partial charge in [-0.25, -0.2) is 0 Å². The largest absolute Gasteiger partial charge is 0.389 e. The van der Waals surface area contributed by atoms with Crippen molar-refractivity contribution in [2.45, 2.75) is 18.9 Å². The Kier molecular flexibility index (Phi) is 5.98. The highest BCUT2D eigenvalue weighted by Gasteiger charge is 2.16. The van der Waals surface area contributed by atoms with Crippen LogP contribution in [0, 0.1) is 0 Å². The number of methoxy groups -OCH3 is 1. The van der Waals surface area contributed by atoms with Crippen LogP contribution >= 0.6 is 0 Å². The molecule has 0 fully saturated rings. The molecule has 0 aliphatic rings. The highest BCUT2D eigenvalue weighted by atomic mass is 16.5. The van der Waals surface area contributed by atoms with Crippen molar-refractivity contribution in [2.24, 2.45) is 0 Å². The normalized spacial score (nSPS) is 15.6. The molecule has 0 aliphatic heterocycles. The summed E-state index contributed by atoms with van der Waals surface area (Å²) in [6.07, 6.45) is 2.32. The van der Waals surface area contributed by atoms with Gasteiger partial charge in [-0.3, -0.25) is 0 Å². The third-order valence-electron chi connectivity index (χ3n) is 1.57. The third-order valence-corrected chi connectivity index (χ3v) is 1.57. The molecule has 72 valence electrons. The molecule has 0 heterocycles. The Hall–Kier alpha value is -0.380. The molecule has 2 N–H and O–H groups in total. The lowest BCUT2D eigenvalue weighted by atomic mass is 10.0. The smallest absolute Gasteiger partial charge is 0.0777 e. The van der Waals surface area contributed by atoms with Gasteiger partial charge in [-0.2, -0.15) is 0 Å². The number of aliphatic hydroxyl groups is 1. The second kappa shape index (κ2) is 6.17. The highest BCUT2D eigenvalue weighted by Crippen LogP contribution is 2.07. The van der Waals surface area contributed by atoms with Crippen LogP contribution in [0.25, 0.3) is 0 Å². The van der Waals surface area contributed by atoms with E-state index < -0.39 is 5.60 Å². The van der Waals surface area contributed by atoms with E-state index in [0.29, 0.717) is 19.6 Å². The van der Waals surface area contributed by atoms with Crippen molar-refractivity contribution < 1.29 is 9.84 Å². The Morgan fingerprint density at radius 3 is 2.83 bits per heavy atom. The van der Waals surface area contributed by atoms with Crippen molar-refractivity contribution >= 4 is 0 Å². The number of hydrogen-bond donors (Lipinski definition) is 2. The van der Waals surface area contributed by atoms with Crippen molar-refractivity contribution in [1.82, 2.24) is 5.32 Å². The molecule has 0 aliphatic carbocycles. The standard InChI is InChI=1S/C9H19NO2/c1-4-5-9(2,11)8-10-6-7-12-3/h4,10-11H,1,5-8H2,2-3H3. The highest BCUT2D eigenvalue weighted by molar-refractivity contribution is 4.84. The molecular formula is C9H19NO2. The van der Waals surface area contributed by atoms with Crippen LogP contribution in [0.1, 0.15) is 13.3 Å². The molecule has 0 saturated carbocycles. The Morgan fingerprint density at radius 1 is 1.67 bits per heavy atom. The molecule has 0 rings (SSSR count). The average molecular weight is 173 g/mol. The van der Waals surface area contributed by atoms with Gasteiger partial charge in [0.2, 0.25) is 0 Å². The summed E-state index contributed by atoms with van der Waals surface area (Å²) in [6.45, 7) is 7.37. The van der Waals surface area contributed by atoms with Crippen molar-refractivity contribution in [2.75, 3.05) is 26.8 Å². The van der Waals surface area contributed by atoms with E-state index >= 15 is 0 Å². The van der Waals surface area contributed by atoms with E-state index in [-0.39, 0.29) is 0 Å². The van der Waals surface area contributed by atoms with E-state index in [1.54, 1.807) is 20.1 Å². The lowest BCUT2D eigenvalue weighted by Crippen LogP contribution is -2.38. The number of hydrogen-bond acceptors (Lipinski definition) is 3. The van der Waals surface area contributed by atoms with Gasteiger partial charge in [0.1, 0.15) is 0 Å². The average Bonchev–Trinajstić information content (AvgIpc) is 1.98. The van der Waals surface area contributed by atoms with Crippen LogP contribution in [0.5, 0.6) is 0 Å². The van der Waals surface area contributed by atoms with Crippen LogP contribution in [-0.4, -0.2) is 37.5 Å². The molecule has 0 amide bonds. The predicted octanol–water partition coefficient (Wildman–Crippen LogP) is 0.549. The molecule has 0 saturated heterocycles. The van der Waals surface area contributed by atoms with Crippen molar-refractivity contribution in [3.8, 4) is 0 Å². The minimum Gasteiger partial charge on any atom is -0.389 e. The molecule has 0 aromatic heterocycles. The van der Waals surface area contributed by atoms with Crippen molar-refractivity contribution in [1.29, 1.82) is 0 Å². The Bertz CT molecular complexity index is 124. The van der Waals surface area contributed by atoms with Gasteiger partial charge in [0.15, 0.2) is 0 Å². The molecule has 12 heavy (non-hydrogen) atoms. The van der Waals surface area contributed by atoms with E-state index in [2.05, 4.69) is 11.9 Å². The van der Waals surface area contributed by atoms with E-state index in [0.717, 1.165) is 6.54 Å². The fraction of sp³-hybridized carbons (Fsp3) is 0.778. The van der Waals surface area contributed by atoms with Crippen LogP contribution in [0.4, 0.5) is 0 Å². The van der Waals surface area contributed by atoms with E-state index in [1.807, 2.05) is 0 Å². The topological polar surface area (TPSA) is 41.5 Å². The van der Waals surface area contributed by atoms with Gasteiger partial charge in [-0.05, 0) is 13.3 Å². The van der Waals surface area contributed by atoms with Crippen LogP contribution in [0.15, 0.2) is 12.7 Å². The summed E-state index contributed by atoms with van der Waals surface area (Å²) in [5.41, 5.74) is -0.685. The van der Waals surface area contributed by atoms with Gasteiger partial charge >= 0.3 is 0 Å². The Balaban J connectivity index is 3.39. The quantitative estimate of drug-likeness (QED) is 0.436. The number of rotatable bonds is 7. The fourth-order valence-corrected chi connectivity index (χ4v) is 0.915. The van der Waals surface area contributed by atoms with E-state index in [4.69, 9.17) is 4.74 Å². The SMILES string of the molecule is C=CCC(C)(O)CNCCOC. The molecule has 0 aromatic carbocycles. The van der Waals surface area contributed by atoms with Gasteiger partial charge in [0.05, 0.1) is 12.2 Å². The first kappa shape index (κ1) is 11.6. The summed E-state index contributed by atoms with van der Waals surface area (Å²) in [5, 5.41) is 12.7. The minimum absolute atomic E-state index is 0.572. The van der Waals surface area contributed by atoms with Gasteiger partial charge in [0.25, 0.3) is 0 Å². The maximum atomic E-state index is 9.64. The van der Waals surface area contributed by atoms with Crippen molar-refractivity contribution in [3.05, 3.63) is 12.7 Å². The number of ether oxygens (including phenoxy) is 1. The first-order valence-corrected chi connectivity index (χ1v) is 4.15. The second-order valence-corrected chi connectivity index (χ2v) is 3.16. The first-order valence-electron chi connectivity index (χ1n) is 4.15. The monoisotopic (exact) mass is 173 g/mol.